The molecule has 1 saturated heterocycles. The van der Waals surface area contributed by atoms with Crippen LogP contribution >= 0.6 is 0 Å². The Balaban J connectivity index is 1.60. The molecule has 2 aromatic carbocycles. The number of rotatable bonds is 4. The summed E-state index contributed by atoms with van der Waals surface area (Å²) >= 11 is 0. The summed E-state index contributed by atoms with van der Waals surface area (Å²) in [6, 6.07) is 10.0. The van der Waals surface area contributed by atoms with E-state index in [0.717, 1.165) is 16.0 Å². The second-order valence-electron chi connectivity index (χ2n) is 7.26. The monoisotopic (exact) mass is 380 g/mol. The van der Waals surface area contributed by atoms with Crippen molar-refractivity contribution >= 4 is 17.7 Å². The van der Waals surface area contributed by atoms with Crippen LogP contribution in [-0.4, -0.2) is 36.0 Å². The summed E-state index contributed by atoms with van der Waals surface area (Å²) in [5, 5.41) is 2.71. The summed E-state index contributed by atoms with van der Waals surface area (Å²) in [4.78, 5) is 39.3. The van der Waals surface area contributed by atoms with Gasteiger partial charge in [-0.2, -0.15) is 0 Å². The number of nitrogens with one attached hydrogen (secondary N) is 1. The molecule has 2 aliphatic heterocycles. The number of aryl methyl sites for hydroxylation is 2. The van der Waals surface area contributed by atoms with Crippen molar-refractivity contribution in [2.75, 3.05) is 13.3 Å². The minimum absolute atomic E-state index is 0.117. The van der Waals surface area contributed by atoms with E-state index in [9.17, 15) is 14.4 Å². The number of urea groups is 1. The molecule has 4 rings (SSSR count). The topological polar surface area (TPSA) is 84.9 Å². The lowest BCUT2D eigenvalue weighted by molar-refractivity contribution is -0.130. The van der Waals surface area contributed by atoms with Crippen molar-refractivity contribution < 1.29 is 23.9 Å². The predicted molar refractivity (Wildman–Crippen MR) is 100 cm³/mol. The molecule has 0 aromatic heterocycles. The summed E-state index contributed by atoms with van der Waals surface area (Å²) < 4.78 is 10.7. The van der Waals surface area contributed by atoms with Crippen LogP contribution < -0.4 is 14.8 Å². The van der Waals surface area contributed by atoms with E-state index in [2.05, 4.69) is 5.32 Å². The SMILES string of the molecule is Cc1ccc(C)c(C(=O)CN2C(=O)N[C@](C)(c3ccc4c(c3)OCO4)C2=O)c1. The Morgan fingerprint density at radius 3 is 2.64 bits per heavy atom. The molecule has 0 radical (unpaired) electrons. The number of carbonyl (C=O) groups is 3. The molecule has 1 fully saturated rings. The molecule has 3 amide bonds. The van der Waals surface area contributed by atoms with Gasteiger partial charge in [0.05, 0.1) is 6.54 Å². The van der Waals surface area contributed by atoms with Gasteiger partial charge in [0, 0.05) is 5.56 Å². The van der Waals surface area contributed by atoms with Crippen LogP contribution in [-0.2, 0) is 10.3 Å². The Labute approximate surface area is 162 Å². The van der Waals surface area contributed by atoms with Crippen molar-refractivity contribution in [2.24, 2.45) is 0 Å². The highest BCUT2D eigenvalue weighted by molar-refractivity contribution is 6.11. The van der Waals surface area contributed by atoms with Crippen LogP contribution in [0, 0.1) is 13.8 Å². The standard InChI is InChI=1S/C21H20N2O5/c1-12-4-5-13(2)15(8-12)16(24)10-23-19(25)21(3,22-20(23)26)14-6-7-17-18(9-14)28-11-27-17/h4-9H,10-11H2,1-3H3,(H,22,26)/t21-/m1/s1. The average molecular weight is 380 g/mol. The van der Waals surface area contributed by atoms with Gasteiger partial charge < -0.3 is 14.8 Å². The van der Waals surface area contributed by atoms with Gasteiger partial charge in [-0.15, -0.1) is 0 Å². The first kappa shape index (κ1) is 18.0. The minimum Gasteiger partial charge on any atom is -0.454 e. The van der Waals surface area contributed by atoms with Crippen LogP contribution in [0.2, 0.25) is 0 Å². The van der Waals surface area contributed by atoms with Crippen LogP contribution in [0.4, 0.5) is 4.79 Å². The number of imide groups is 1. The molecule has 7 nitrogen and oxygen atoms in total. The first-order chi connectivity index (χ1) is 13.3. The number of Topliss-reactive ketones (excluding diaryl/α,β-unsaturated/α-hetero) is 1. The van der Waals surface area contributed by atoms with Crippen molar-refractivity contribution in [2.45, 2.75) is 26.3 Å². The molecule has 2 heterocycles. The van der Waals surface area contributed by atoms with Crippen molar-refractivity contribution in [1.29, 1.82) is 0 Å². The summed E-state index contributed by atoms with van der Waals surface area (Å²) in [5.41, 5.74) is 1.55. The summed E-state index contributed by atoms with van der Waals surface area (Å²) in [6.07, 6.45) is 0. The molecule has 2 aliphatic rings. The third-order valence-corrected chi connectivity index (χ3v) is 5.22. The summed E-state index contributed by atoms with van der Waals surface area (Å²) in [6.45, 7) is 5.14. The maximum absolute atomic E-state index is 13.1. The van der Waals surface area contributed by atoms with Crippen molar-refractivity contribution in [3.05, 3.63) is 58.7 Å². The minimum atomic E-state index is -1.28. The molecule has 28 heavy (non-hydrogen) atoms. The van der Waals surface area contributed by atoms with Gasteiger partial charge in [-0.3, -0.25) is 14.5 Å². The molecular weight excluding hydrogens is 360 g/mol. The van der Waals surface area contributed by atoms with Crippen LogP contribution in [0.15, 0.2) is 36.4 Å². The van der Waals surface area contributed by atoms with Crippen LogP contribution in [0.3, 0.4) is 0 Å². The van der Waals surface area contributed by atoms with E-state index in [1.54, 1.807) is 31.2 Å². The lowest BCUT2D eigenvalue weighted by Gasteiger charge is -2.22. The molecular formula is C21H20N2O5. The van der Waals surface area contributed by atoms with E-state index >= 15 is 0 Å². The maximum atomic E-state index is 13.1. The van der Waals surface area contributed by atoms with E-state index in [1.165, 1.54) is 0 Å². The highest BCUT2D eigenvalue weighted by Gasteiger charge is 2.49. The molecule has 0 saturated carbocycles. The van der Waals surface area contributed by atoms with Gasteiger partial charge in [0.1, 0.15) is 5.54 Å². The molecule has 7 heteroatoms. The van der Waals surface area contributed by atoms with E-state index in [1.807, 2.05) is 26.0 Å². The second kappa shape index (κ2) is 6.37. The van der Waals surface area contributed by atoms with E-state index in [4.69, 9.17) is 9.47 Å². The van der Waals surface area contributed by atoms with Crippen LogP contribution in [0.5, 0.6) is 11.5 Å². The molecule has 0 bridgehead atoms. The van der Waals surface area contributed by atoms with Gasteiger partial charge in [-0.05, 0) is 50.1 Å². The molecule has 0 spiro atoms. The average Bonchev–Trinajstić information content (AvgIpc) is 3.22. The first-order valence-corrected chi connectivity index (χ1v) is 8.94. The quantitative estimate of drug-likeness (QED) is 0.651. The number of fused-ring (bicyclic) bond motifs is 1. The van der Waals surface area contributed by atoms with Crippen LogP contribution in [0.1, 0.15) is 34.0 Å². The first-order valence-electron chi connectivity index (χ1n) is 8.94. The Morgan fingerprint density at radius 2 is 1.86 bits per heavy atom. The predicted octanol–water partition coefficient (Wildman–Crippen LogP) is 2.68. The van der Waals surface area contributed by atoms with Crippen LogP contribution in [0.25, 0.3) is 0 Å². The van der Waals surface area contributed by atoms with Gasteiger partial charge in [0.25, 0.3) is 5.91 Å². The Bertz CT molecular complexity index is 1020. The second-order valence-corrected chi connectivity index (χ2v) is 7.26. The number of ketones is 1. The van der Waals surface area contributed by atoms with Gasteiger partial charge in [0.15, 0.2) is 17.3 Å². The van der Waals surface area contributed by atoms with E-state index in [-0.39, 0.29) is 19.1 Å². The molecule has 0 aliphatic carbocycles. The van der Waals surface area contributed by atoms with E-state index < -0.39 is 17.5 Å². The highest BCUT2D eigenvalue weighted by Crippen LogP contribution is 2.37. The maximum Gasteiger partial charge on any atom is 0.325 e. The number of nitrogens with zero attached hydrogens (tertiary/aromatic N) is 1. The number of hydrogen-bond donors (Lipinski definition) is 1. The van der Waals surface area contributed by atoms with Gasteiger partial charge >= 0.3 is 6.03 Å². The number of ether oxygens (including phenoxy) is 2. The zero-order valence-corrected chi connectivity index (χ0v) is 15.9. The molecule has 1 atom stereocenters. The number of hydrogen-bond acceptors (Lipinski definition) is 5. The third-order valence-electron chi connectivity index (χ3n) is 5.22. The van der Waals surface area contributed by atoms with Crippen molar-refractivity contribution in [3.63, 3.8) is 0 Å². The van der Waals surface area contributed by atoms with Crippen molar-refractivity contribution in [3.8, 4) is 11.5 Å². The highest BCUT2D eigenvalue weighted by atomic mass is 16.7. The lowest BCUT2D eigenvalue weighted by atomic mass is 9.91. The zero-order chi connectivity index (χ0) is 20.1. The molecule has 2 aromatic rings. The molecule has 1 N–H and O–H groups in total. The Hall–Kier alpha value is -3.35. The molecule has 144 valence electrons. The number of carbonyl (C=O) groups excluding carboxylic acids is 3. The lowest BCUT2D eigenvalue weighted by Crippen LogP contribution is -2.41. The Kier molecular flexibility index (Phi) is 4.10. The number of benzene rings is 2. The fraction of sp³-hybridized carbons (Fsp3) is 0.286. The van der Waals surface area contributed by atoms with Crippen molar-refractivity contribution in [1.82, 2.24) is 10.2 Å². The third kappa shape index (κ3) is 2.79. The zero-order valence-electron chi connectivity index (χ0n) is 15.9. The molecule has 0 unspecified atom stereocenters. The Morgan fingerprint density at radius 1 is 1.11 bits per heavy atom. The summed E-state index contributed by atoms with van der Waals surface area (Å²) in [5.74, 6) is 0.353. The number of amides is 3. The fourth-order valence-electron chi connectivity index (χ4n) is 3.51. The largest absolute Gasteiger partial charge is 0.454 e. The fourth-order valence-corrected chi connectivity index (χ4v) is 3.51. The normalized spacial score (nSPS) is 20.5. The smallest absolute Gasteiger partial charge is 0.325 e. The summed E-state index contributed by atoms with van der Waals surface area (Å²) in [7, 11) is 0. The van der Waals surface area contributed by atoms with Gasteiger partial charge in [-0.1, -0.05) is 23.8 Å². The van der Waals surface area contributed by atoms with E-state index in [0.29, 0.717) is 22.6 Å². The van der Waals surface area contributed by atoms with Gasteiger partial charge in [0.2, 0.25) is 6.79 Å². The van der Waals surface area contributed by atoms with Gasteiger partial charge in [-0.25, -0.2) is 4.79 Å².